The number of ether oxygens (including phenoxy) is 1. The number of hydrogen-bond acceptors (Lipinski definition) is 2. The van der Waals surface area contributed by atoms with Gasteiger partial charge in [0.05, 0.1) is 13.0 Å². The maximum atomic E-state index is 13.1. The van der Waals surface area contributed by atoms with Crippen LogP contribution >= 0.6 is 0 Å². The average molecular weight is 334 g/mol. The highest BCUT2D eigenvalue weighted by Gasteiger charge is 2.24. The van der Waals surface area contributed by atoms with Gasteiger partial charge in [-0.1, -0.05) is 36.4 Å². The molecule has 1 atom stereocenters. The van der Waals surface area contributed by atoms with Crippen molar-refractivity contribution in [3.05, 3.63) is 66.4 Å². The van der Waals surface area contributed by atoms with Gasteiger partial charge in [-0.15, -0.1) is 0 Å². The third-order valence-corrected chi connectivity index (χ3v) is 4.85. The molecule has 25 heavy (non-hydrogen) atoms. The zero-order chi connectivity index (χ0) is 17.1. The van der Waals surface area contributed by atoms with E-state index < -0.39 is 0 Å². The van der Waals surface area contributed by atoms with E-state index in [2.05, 4.69) is 11.1 Å². The first-order chi connectivity index (χ1) is 12.3. The van der Waals surface area contributed by atoms with Crippen LogP contribution in [0, 0.1) is 5.92 Å². The molecule has 0 bridgehead atoms. The zero-order valence-corrected chi connectivity index (χ0v) is 14.2. The van der Waals surface area contributed by atoms with Gasteiger partial charge in [-0.05, 0) is 30.2 Å². The first-order valence-electron chi connectivity index (χ1n) is 8.79. The minimum Gasteiger partial charge on any atom is -0.381 e. The van der Waals surface area contributed by atoms with E-state index in [1.165, 1.54) is 0 Å². The predicted molar refractivity (Wildman–Crippen MR) is 99.7 cm³/mol. The summed E-state index contributed by atoms with van der Waals surface area (Å²) in [5.74, 6) is 0.537. The summed E-state index contributed by atoms with van der Waals surface area (Å²) < 4.78 is 5.49. The topological polar surface area (TPSA) is 45.3 Å². The lowest BCUT2D eigenvalue weighted by Gasteiger charge is -2.25. The van der Waals surface area contributed by atoms with Crippen LogP contribution in [0.2, 0.25) is 0 Å². The van der Waals surface area contributed by atoms with Crippen LogP contribution in [0.5, 0.6) is 0 Å². The van der Waals surface area contributed by atoms with Crippen molar-refractivity contribution in [3.8, 4) is 0 Å². The molecule has 2 aromatic carbocycles. The first kappa shape index (κ1) is 15.9. The lowest BCUT2D eigenvalue weighted by Crippen LogP contribution is -2.36. The molecule has 1 aliphatic heterocycles. The molecule has 4 rings (SSSR count). The Morgan fingerprint density at radius 3 is 2.72 bits per heavy atom. The van der Waals surface area contributed by atoms with Crippen molar-refractivity contribution in [1.82, 2.24) is 4.98 Å². The Bertz CT molecular complexity index is 850. The maximum absolute atomic E-state index is 13.1. The van der Waals surface area contributed by atoms with Gasteiger partial charge in [0.25, 0.3) is 0 Å². The Kier molecular flexibility index (Phi) is 4.53. The van der Waals surface area contributed by atoms with Crippen LogP contribution in [-0.4, -0.2) is 30.6 Å². The summed E-state index contributed by atoms with van der Waals surface area (Å²) in [6.45, 7) is 2.25. The lowest BCUT2D eigenvalue weighted by molar-refractivity contribution is -0.118. The Hall–Kier alpha value is -2.59. The first-order valence-corrected chi connectivity index (χ1v) is 8.79. The summed E-state index contributed by atoms with van der Waals surface area (Å²) in [4.78, 5) is 18.3. The number of amides is 1. The second-order valence-electron chi connectivity index (χ2n) is 6.61. The van der Waals surface area contributed by atoms with Gasteiger partial charge in [0, 0.05) is 41.9 Å². The summed E-state index contributed by atoms with van der Waals surface area (Å²) in [5, 5.41) is 1.12. The van der Waals surface area contributed by atoms with Crippen LogP contribution in [0.25, 0.3) is 10.9 Å². The molecule has 1 aliphatic rings. The Morgan fingerprint density at radius 2 is 1.92 bits per heavy atom. The molecule has 1 saturated heterocycles. The Balaban J connectivity index is 1.58. The van der Waals surface area contributed by atoms with Crippen LogP contribution in [0.4, 0.5) is 5.69 Å². The molecule has 1 N–H and O–H groups in total. The van der Waals surface area contributed by atoms with Crippen LogP contribution in [-0.2, 0) is 16.0 Å². The van der Waals surface area contributed by atoms with Gasteiger partial charge in [-0.25, -0.2) is 0 Å². The SMILES string of the molecule is O=C(Cc1c[nH]c2ccccc12)N(C[C@H]1CCOC1)c1ccccc1. The Labute approximate surface area is 147 Å². The van der Waals surface area contributed by atoms with E-state index in [0.717, 1.165) is 41.8 Å². The second-order valence-corrected chi connectivity index (χ2v) is 6.61. The van der Waals surface area contributed by atoms with Gasteiger partial charge < -0.3 is 14.6 Å². The fourth-order valence-electron chi connectivity index (χ4n) is 3.48. The number of carbonyl (C=O) groups is 1. The molecule has 0 aliphatic carbocycles. The minimum absolute atomic E-state index is 0.128. The average Bonchev–Trinajstić information content (AvgIpc) is 3.31. The second kappa shape index (κ2) is 7.11. The van der Waals surface area contributed by atoms with E-state index in [4.69, 9.17) is 4.74 Å². The van der Waals surface area contributed by atoms with E-state index in [9.17, 15) is 4.79 Å². The number of nitrogens with one attached hydrogen (secondary N) is 1. The standard InChI is InChI=1S/C21H22N2O2/c24-21(12-17-13-22-20-9-5-4-8-19(17)20)23(14-16-10-11-25-15-16)18-6-2-1-3-7-18/h1-9,13,16,22H,10-12,14-15H2/t16-/m1/s1. The molecule has 3 aromatic rings. The lowest BCUT2D eigenvalue weighted by atomic mass is 10.1. The molecular formula is C21H22N2O2. The maximum Gasteiger partial charge on any atom is 0.231 e. The smallest absolute Gasteiger partial charge is 0.231 e. The molecule has 0 unspecified atom stereocenters. The number of nitrogens with zero attached hydrogens (tertiary/aromatic N) is 1. The number of fused-ring (bicyclic) bond motifs is 1. The molecule has 1 amide bonds. The van der Waals surface area contributed by atoms with Crippen molar-refractivity contribution in [3.63, 3.8) is 0 Å². The molecule has 2 heterocycles. The van der Waals surface area contributed by atoms with Crippen molar-refractivity contribution in [2.45, 2.75) is 12.8 Å². The monoisotopic (exact) mass is 334 g/mol. The molecular weight excluding hydrogens is 312 g/mol. The molecule has 128 valence electrons. The quantitative estimate of drug-likeness (QED) is 0.772. The molecule has 1 fully saturated rings. The van der Waals surface area contributed by atoms with Gasteiger partial charge >= 0.3 is 0 Å². The van der Waals surface area contributed by atoms with Gasteiger partial charge in [-0.3, -0.25) is 4.79 Å². The van der Waals surface area contributed by atoms with E-state index in [1.54, 1.807) is 0 Å². The van der Waals surface area contributed by atoms with E-state index in [1.807, 2.05) is 59.6 Å². The molecule has 4 heteroatoms. The largest absolute Gasteiger partial charge is 0.381 e. The van der Waals surface area contributed by atoms with Crippen molar-refractivity contribution in [2.75, 3.05) is 24.7 Å². The van der Waals surface area contributed by atoms with Gasteiger partial charge in [0.1, 0.15) is 0 Å². The highest BCUT2D eigenvalue weighted by atomic mass is 16.5. The summed E-state index contributed by atoms with van der Waals surface area (Å²) in [6, 6.07) is 18.0. The van der Waals surface area contributed by atoms with Crippen LogP contribution < -0.4 is 4.90 Å². The van der Waals surface area contributed by atoms with Crippen molar-refractivity contribution < 1.29 is 9.53 Å². The molecule has 0 spiro atoms. The number of aromatic nitrogens is 1. The van der Waals surface area contributed by atoms with Gasteiger partial charge in [0.2, 0.25) is 5.91 Å². The fraction of sp³-hybridized carbons (Fsp3) is 0.286. The number of rotatable bonds is 5. The van der Waals surface area contributed by atoms with E-state index in [0.29, 0.717) is 18.9 Å². The van der Waals surface area contributed by atoms with Crippen molar-refractivity contribution >= 4 is 22.5 Å². The summed E-state index contributed by atoms with van der Waals surface area (Å²) in [7, 11) is 0. The Morgan fingerprint density at radius 1 is 1.12 bits per heavy atom. The normalized spacial score (nSPS) is 17.0. The third-order valence-electron chi connectivity index (χ3n) is 4.85. The molecule has 1 aromatic heterocycles. The van der Waals surface area contributed by atoms with E-state index in [-0.39, 0.29) is 5.91 Å². The summed E-state index contributed by atoms with van der Waals surface area (Å²) in [5.41, 5.74) is 3.07. The third kappa shape index (κ3) is 3.44. The van der Waals surface area contributed by atoms with Gasteiger partial charge in [0.15, 0.2) is 0 Å². The predicted octanol–water partition coefficient (Wildman–Crippen LogP) is 3.78. The van der Waals surface area contributed by atoms with Crippen molar-refractivity contribution in [1.29, 1.82) is 0 Å². The van der Waals surface area contributed by atoms with Crippen LogP contribution in [0.1, 0.15) is 12.0 Å². The number of H-pyrrole nitrogens is 1. The number of anilines is 1. The number of carbonyl (C=O) groups excluding carboxylic acids is 1. The van der Waals surface area contributed by atoms with Crippen LogP contribution in [0.15, 0.2) is 60.8 Å². The molecule has 0 saturated carbocycles. The number of aromatic amines is 1. The van der Waals surface area contributed by atoms with E-state index >= 15 is 0 Å². The summed E-state index contributed by atoms with van der Waals surface area (Å²) in [6.07, 6.45) is 3.36. The number of hydrogen-bond donors (Lipinski definition) is 1. The highest BCUT2D eigenvalue weighted by molar-refractivity contribution is 5.97. The zero-order valence-electron chi connectivity index (χ0n) is 14.2. The minimum atomic E-state index is 0.128. The number of benzene rings is 2. The summed E-state index contributed by atoms with van der Waals surface area (Å²) >= 11 is 0. The highest BCUT2D eigenvalue weighted by Crippen LogP contribution is 2.23. The van der Waals surface area contributed by atoms with Crippen molar-refractivity contribution in [2.24, 2.45) is 5.92 Å². The number of para-hydroxylation sites is 2. The molecule has 4 nitrogen and oxygen atoms in total. The van der Waals surface area contributed by atoms with Crippen LogP contribution in [0.3, 0.4) is 0 Å². The fourth-order valence-corrected chi connectivity index (χ4v) is 3.48. The molecule has 0 radical (unpaired) electrons. The van der Waals surface area contributed by atoms with Gasteiger partial charge in [-0.2, -0.15) is 0 Å².